The molecule has 1 aliphatic carbocycles. The van der Waals surface area contributed by atoms with Crippen LogP contribution >= 0.6 is 0 Å². The van der Waals surface area contributed by atoms with E-state index in [-0.39, 0.29) is 0 Å². The molecule has 2 unspecified atom stereocenters. The van der Waals surface area contributed by atoms with E-state index in [2.05, 4.69) is 44.3 Å². The largest absolute Gasteiger partial charge is 0.396 e. The first-order valence-corrected chi connectivity index (χ1v) is 9.02. The third-order valence-electron chi connectivity index (χ3n) is 5.48. The summed E-state index contributed by atoms with van der Waals surface area (Å²) < 4.78 is 0. The van der Waals surface area contributed by atoms with Crippen molar-refractivity contribution in [3.63, 3.8) is 0 Å². The summed E-state index contributed by atoms with van der Waals surface area (Å²) in [6.07, 6.45) is 8.08. The topological polar surface area (TPSA) is 32.3 Å². The molecule has 1 saturated carbocycles. The van der Waals surface area contributed by atoms with Crippen LogP contribution in [0.3, 0.4) is 0 Å². The number of aliphatic hydroxyl groups is 1. The van der Waals surface area contributed by atoms with E-state index in [0.29, 0.717) is 18.6 Å². The van der Waals surface area contributed by atoms with E-state index in [1.165, 1.54) is 55.2 Å². The maximum Gasteiger partial charge on any atom is 0.0471 e. The van der Waals surface area contributed by atoms with E-state index in [0.717, 1.165) is 12.5 Å². The molecule has 0 aliphatic heterocycles. The summed E-state index contributed by atoms with van der Waals surface area (Å²) >= 11 is 0. The first-order chi connectivity index (χ1) is 10.6. The van der Waals surface area contributed by atoms with Gasteiger partial charge in [-0.15, -0.1) is 0 Å². The van der Waals surface area contributed by atoms with Gasteiger partial charge in [-0.1, -0.05) is 50.3 Å². The number of benzene rings is 1. The van der Waals surface area contributed by atoms with Crippen molar-refractivity contribution in [3.8, 4) is 0 Å². The first-order valence-electron chi connectivity index (χ1n) is 9.02. The molecule has 22 heavy (non-hydrogen) atoms. The van der Waals surface area contributed by atoms with Gasteiger partial charge in [-0.3, -0.25) is 0 Å². The number of aliphatic hydroxyl groups excluding tert-OH is 1. The van der Waals surface area contributed by atoms with Gasteiger partial charge in [0.1, 0.15) is 0 Å². The third kappa shape index (κ3) is 4.82. The molecular weight excluding hydrogens is 270 g/mol. The standard InChI is InChI=1S/C20H33NO/c1-15-8-7-11-20(16(15)2)17(3)21-13-19(14-22)12-18-9-5-4-6-10-18/h7-8,11,17-19,21-22H,4-6,9-10,12-14H2,1-3H3. The molecule has 2 heteroatoms. The molecule has 1 fully saturated rings. The van der Waals surface area contributed by atoms with Crippen molar-refractivity contribution in [1.82, 2.24) is 5.32 Å². The molecule has 2 rings (SSSR count). The smallest absolute Gasteiger partial charge is 0.0471 e. The van der Waals surface area contributed by atoms with Crippen LogP contribution in [0.25, 0.3) is 0 Å². The second-order valence-corrected chi connectivity index (χ2v) is 7.21. The van der Waals surface area contributed by atoms with Gasteiger partial charge in [0.15, 0.2) is 0 Å². The minimum atomic E-state index is 0.309. The van der Waals surface area contributed by atoms with Crippen molar-refractivity contribution in [2.24, 2.45) is 11.8 Å². The summed E-state index contributed by atoms with van der Waals surface area (Å²) in [5, 5.41) is 13.3. The summed E-state index contributed by atoms with van der Waals surface area (Å²) in [7, 11) is 0. The van der Waals surface area contributed by atoms with Crippen molar-refractivity contribution in [3.05, 3.63) is 34.9 Å². The molecule has 124 valence electrons. The predicted molar refractivity (Wildman–Crippen MR) is 94.1 cm³/mol. The molecule has 0 heterocycles. The first kappa shape index (κ1) is 17.5. The van der Waals surface area contributed by atoms with Crippen molar-refractivity contribution in [2.75, 3.05) is 13.2 Å². The molecule has 0 saturated heterocycles. The fourth-order valence-corrected chi connectivity index (χ4v) is 3.81. The Morgan fingerprint density at radius 3 is 2.59 bits per heavy atom. The highest BCUT2D eigenvalue weighted by atomic mass is 16.3. The summed E-state index contributed by atoms with van der Waals surface area (Å²) in [5.74, 6) is 1.24. The minimum absolute atomic E-state index is 0.309. The Morgan fingerprint density at radius 2 is 1.91 bits per heavy atom. The van der Waals surface area contributed by atoms with Gasteiger partial charge in [-0.25, -0.2) is 0 Å². The zero-order valence-electron chi connectivity index (χ0n) is 14.6. The van der Waals surface area contributed by atoms with Crippen LogP contribution in [0.4, 0.5) is 0 Å². The van der Waals surface area contributed by atoms with Gasteiger partial charge in [-0.2, -0.15) is 0 Å². The highest BCUT2D eigenvalue weighted by Crippen LogP contribution is 2.29. The monoisotopic (exact) mass is 303 g/mol. The number of nitrogens with one attached hydrogen (secondary N) is 1. The van der Waals surface area contributed by atoms with Gasteiger partial charge in [0, 0.05) is 19.2 Å². The summed E-state index contributed by atoms with van der Waals surface area (Å²) in [6, 6.07) is 6.88. The van der Waals surface area contributed by atoms with Crippen LogP contribution in [0.1, 0.15) is 68.2 Å². The van der Waals surface area contributed by atoms with Crippen LogP contribution in [0.2, 0.25) is 0 Å². The lowest BCUT2D eigenvalue weighted by atomic mass is 9.83. The molecule has 0 spiro atoms. The number of rotatable bonds is 7. The lowest BCUT2D eigenvalue weighted by molar-refractivity contribution is 0.180. The van der Waals surface area contributed by atoms with E-state index in [1.807, 2.05) is 0 Å². The molecule has 1 aromatic carbocycles. The molecular formula is C20H33NO. The summed E-state index contributed by atoms with van der Waals surface area (Å²) in [5.41, 5.74) is 4.12. The van der Waals surface area contributed by atoms with E-state index >= 15 is 0 Å². The minimum Gasteiger partial charge on any atom is -0.396 e. The van der Waals surface area contributed by atoms with Crippen molar-refractivity contribution in [1.29, 1.82) is 0 Å². The predicted octanol–water partition coefficient (Wildman–Crippen LogP) is 4.53. The van der Waals surface area contributed by atoms with Crippen molar-refractivity contribution >= 4 is 0 Å². The number of hydrogen-bond donors (Lipinski definition) is 2. The maximum absolute atomic E-state index is 9.70. The summed E-state index contributed by atoms with van der Waals surface area (Å²) in [6.45, 7) is 7.83. The van der Waals surface area contributed by atoms with Crippen LogP contribution in [0.5, 0.6) is 0 Å². The van der Waals surface area contributed by atoms with E-state index in [1.54, 1.807) is 0 Å². The quantitative estimate of drug-likeness (QED) is 0.775. The Kier molecular flexibility index (Phi) is 6.91. The number of hydrogen-bond acceptors (Lipinski definition) is 2. The van der Waals surface area contributed by atoms with E-state index in [4.69, 9.17) is 0 Å². The lowest BCUT2D eigenvalue weighted by Crippen LogP contribution is -2.30. The number of aryl methyl sites for hydroxylation is 1. The van der Waals surface area contributed by atoms with Crippen LogP contribution in [0, 0.1) is 25.7 Å². The molecule has 2 N–H and O–H groups in total. The SMILES string of the molecule is Cc1cccc(C(C)NCC(CO)CC2CCCCC2)c1C. The zero-order valence-corrected chi connectivity index (χ0v) is 14.6. The maximum atomic E-state index is 9.70. The lowest BCUT2D eigenvalue weighted by Gasteiger charge is -2.27. The van der Waals surface area contributed by atoms with Gasteiger partial charge < -0.3 is 10.4 Å². The highest BCUT2D eigenvalue weighted by molar-refractivity contribution is 5.34. The van der Waals surface area contributed by atoms with Crippen LogP contribution in [-0.2, 0) is 0 Å². The molecule has 0 bridgehead atoms. The Morgan fingerprint density at radius 1 is 1.18 bits per heavy atom. The molecule has 1 aromatic rings. The second kappa shape index (κ2) is 8.69. The molecule has 0 radical (unpaired) electrons. The fourth-order valence-electron chi connectivity index (χ4n) is 3.81. The van der Waals surface area contributed by atoms with E-state index < -0.39 is 0 Å². The van der Waals surface area contributed by atoms with Gasteiger partial charge in [0.25, 0.3) is 0 Å². The summed E-state index contributed by atoms with van der Waals surface area (Å²) in [4.78, 5) is 0. The molecule has 2 atom stereocenters. The average molecular weight is 303 g/mol. The molecule has 0 amide bonds. The van der Waals surface area contributed by atoms with Gasteiger partial charge in [0.05, 0.1) is 0 Å². The Balaban J connectivity index is 1.85. The van der Waals surface area contributed by atoms with Crippen molar-refractivity contribution < 1.29 is 5.11 Å². The highest BCUT2D eigenvalue weighted by Gasteiger charge is 2.19. The van der Waals surface area contributed by atoms with Crippen LogP contribution in [-0.4, -0.2) is 18.3 Å². The van der Waals surface area contributed by atoms with Gasteiger partial charge >= 0.3 is 0 Å². The van der Waals surface area contributed by atoms with Crippen LogP contribution in [0.15, 0.2) is 18.2 Å². The normalized spacial score (nSPS) is 19.1. The molecule has 1 aliphatic rings. The van der Waals surface area contributed by atoms with Crippen LogP contribution < -0.4 is 5.32 Å². The van der Waals surface area contributed by atoms with Crippen molar-refractivity contribution in [2.45, 2.75) is 65.3 Å². The molecule has 2 nitrogen and oxygen atoms in total. The fraction of sp³-hybridized carbons (Fsp3) is 0.700. The third-order valence-corrected chi connectivity index (χ3v) is 5.48. The Labute approximate surface area is 136 Å². The van der Waals surface area contributed by atoms with Gasteiger partial charge in [0.2, 0.25) is 0 Å². The van der Waals surface area contributed by atoms with E-state index in [9.17, 15) is 5.11 Å². The second-order valence-electron chi connectivity index (χ2n) is 7.21. The average Bonchev–Trinajstić information content (AvgIpc) is 2.54. The van der Waals surface area contributed by atoms with Gasteiger partial charge in [-0.05, 0) is 55.7 Å². The Hall–Kier alpha value is -0.860. The zero-order chi connectivity index (χ0) is 15.9. The Bertz CT molecular complexity index is 451. The molecule has 0 aromatic heterocycles.